The molecule has 1 heterocycles. The van der Waals surface area contributed by atoms with Gasteiger partial charge in [-0.25, -0.2) is 0 Å². The van der Waals surface area contributed by atoms with Crippen molar-refractivity contribution >= 4 is 29.1 Å². The van der Waals surface area contributed by atoms with Crippen LogP contribution in [0, 0.1) is 11.3 Å². The third kappa shape index (κ3) is 2.61. The Morgan fingerprint density at radius 2 is 2.23 bits per heavy atom. The minimum atomic E-state index is -0.190. The van der Waals surface area contributed by atoms with E-state index >= 15 is 0 Å². The summed E-state index contributed by atoms with van der Waals surface area (Å²) in [5.41, 5.74) is 0. The topological polar surface area (TPSA) is 44.1 Å². The first-order valence-corrected chi connectivity index (χ1v) is 4.58. The van der Waals surface area contributed by atoms with E-state index in [1.165, 1.54) is 4.90 Å². The Balaban J connectivity index is 2.59. The van der Waals surface area contributed by atoms with E-state index in [2.05, 4.69) is 0 Å². The molecule has 3 nitrogen and oxygen atoms in total. The van der Waals surface area contributed by atoms with Gasteiger partial charge in [-0.05, 0) is 0 Å². The molecule has 0 fully saturated rings. The van der Waals surface area contributed by atoms with Crippen LogP contribution in [0.4, 0.5) is 0 Å². The number of hydrogen-bond donors (Lipinski definition) is 0. The third-order valence-electron chi connectivity index (χ3n) is 1.81. The molecule has 0 bridgehead atoms. The molecule has 0 radical (unpaired) electrons. The van der Waals surface area contributed by atoms with Crippen LogP contribution in [-0.4, -0.2) is 23.9 Å². The molecule has 1 amide bonds. The zero-order valence-corrected chi connectivity index (χ0v) is 8.40. The molecule has 0 saturated heterocycles. The fourth-order valence-corrected chi connectivity index (χ4v) is 1.48. The molecule has 13 heavy (non-hydrogen) atoms. The summed E-state index contributed by atoms with van der Waals surface area (Å²) in [6.45, 7) is 0.885. The van der Waals surface area contributed by atoms with Crippen molar-refractivity contribution < 1.29 is 4.79 Å². The lowest BCUT2D eigenvalue weighted by Crippen LogP contribution is -2.35. The van der Waals surface area contributed by atoms with Crippen LogP contribution in [0.15, 0.2) is 10.1 Å². The average Bonchev–Trinajstić information content (AvgIpc) is 2.10. The van der Waals surface area contributed by atoms with Gasteiger partial charge in [-0.1, -0.05) is 23.2 Å². The van der Waals surface area contributed by atoms with Gasteiger partial charge in [0.05, 0.1) is 17.6 Å². The lowest BCUT2D eigenvalue weighted by Gasteiger charge is -2.25. The average molecular weight is 219 g/mol. The molecule has 0 N–H and O–H groups in total. The van der Waals surface area contributed by atoms with Gasteiger partial charge in [-0.15, -0.1) is 0 Å². The molecule has 0 spiro atoms. The number of nitrogens with zero attached hydrogens (tertiary/aromatic N) is 2. The highest BCUT2D eigenvalue weighted by Crippen LogP contribution is 2.23. The number of nitriles is 1. The second-order valence-electron chi connectivity index (χ2n) is 2.71. The Kier molecular flexibility index (Phi) is 3.58. The summed E-state index contributed by atoms with van der Waals surface area (Å²) in [5, 5.41) is 9.43. The van der Waals surface area contributed by atoms with E-state index in [4.69, 9.17) is 28.5 Å². The number of rotatable bonds is 1. The summed E-state index contributed by atoms with van der Waals surface area (Å²) in [5.74, 6) is -0.190. The zero-order valence-electron chi connectivity index (χ0n) is 6.89. The molecular formula is C8H8Cl2N2O. The second-order valence-corrected chi connectivity index (χ2v) is 3.62. The van der Waals surface area contributed by atoms with Gasteiger partial charge in [0.2, 0.25) is 5.91 Å². The van der Waals surface area contributed by atoms with E-state index in [0.29, 0.717) is 29.6 Å². The van der Waals surface area contributed by atoms with Crippen molar-refractivity contribution in [2.75, 3.05) is 13.1 Å². The Hall–Kier alpha value is -0.720. The molecule has 1 aliphatic rings. The Bertz CT molecular complexity index is 293. The minimum absolute atomic E-state index is 0.0954. The molecule has 0 aromatic heterocycles. The van der Waals surface area contributed by atoms with E-state index in [1.807, 2.05) is 6.07 Å². The van der Waals surface area contributed by atoms with Crippen LogP contribution >= 0.6 is 23.2 Å². The van der Waals surface area contributed by atoms with E-state index < -0.39 is 0 Å². The first-order valence-electron chi connectivity index (χ1n) is 3.83. The van der Waals surface area contributed by atoms with Gasteiger partial charge >= 0.3 is 0 Å². The largest absolute Gasteiger partial charge is 0.336 e. The van der Waals surface area contributed by atoms with Crippen molar-refractivity contribution in [3.05, 3.63) is 10.1 Å². The third-order valence-corrected chi connectivity index (χ3v) is 2.67. The smallest absolute Gasteiger partial charge is 0.237 e. The van der Waals surface area contributed by atoms with Crippen molar-refractivity contribution in [2.45, 2.75) is 12.8 Å². The fourth-order valence-electron chi connectivity index (χ4n) is 1.09. The zero-order chi connectivity index (χ0) is 9.84. The monoisotopic (exact) mass is 218 g/mol. The molecule has 0 unspecified atom stereocenters. The molecule has 0 aliphatic carbocycles. The molecule has 0 aromatic carbocycles. The van der Waals surface area contributed by atoms with Gasteiger partial charge in [-0.3, -0.25) is 4.79 Å². The van der Waals surface area contributed by atoms with Crippen LogP contribution in [0.1, 0.15) is 12.8 Å². The quantitative estimate of drug-likeness (QED) is 0.675. The van der Waals surface area contributed by atoms with Crippen LogP contribution in [0.2, 0.25) is 0 Å². The van der Waals surface area contributed by atoms with Crippen LogP contribution in [0.25, 0.3) is 0 Å². The summed E-state index contributed by atoms with van der Waals surface area (Å²) in [6.07, 6.45) is 0.485. The van der Waals surface area contributed by atoms with Gasteiger partial charge in [0.25, 0.3) is 0 Å². The van der Waals surface area contributed by atoms with Gasteiger partial charge in [0.15, 0.2) is 0 Å². The van der Waals surface area contributed by atoms with Crippen molar-refractivity contribution in [2.24, 2.45) is 0 Å². The van der Waals surface area contributed by atoms with Crippen molar-refractivity contribution in [3.63, 3.8) is 0 Å². The van der Waals surface area contributed by atoms with Crippen molar-refractivity contribution in [1.82, 2.24) is 4.90 Å². The molecule has 0 saturated carbocycles. The summed E-state index contributed by atoms with van der Waals surface area (Å²) in [4.78, 5) is 12.8. The summed E-state index contributed by atoms with van der Waals surface area (Å²) in [6, 6.07) is 1.81. The highest BCUT2D eigenvalue weighted by molar-refractivity contribution is 6.39. The maximum atomic E-state index is 11.2. The lowest BCUT2D eigenvalue weighted by atomic mass is 10.2. The fraction of sp³-hybridized carbons (Fsp3) is 0.500. The Morgan fingerprint density at radius 1 is 1.54 bits per heavy atom. The van der Waals surface area contributed by atoms with Crippen molar-refractivity contribution in [1.29, 1.82) is 5.26 Å². The van der Waals surface area contributed by atoms with Crippen LogP contribution in [-0.2, 0) is 4.79 Å². The van der Waals surface area contributed by atoms with Gasteiger partial charge in [-0.2, -0.15) is 5.26 Å². The number of hydrogen-bond acceptors (Lipinski definition) is 2. The molecule has 0 aromatic rings. The van der Waals surface area contributed by atoms with Crippen LogP contribution < -0.4 is 0 Å². The normalized spacial score (nSPS) is 17.2. The Labute approximate surface area is 86.5 Å². The summed E-state index contributed by atoms with van der Waals surface area (Å²) >= 11 is 11.5. The molecule has 0 atom stereocenters. The summed E-state index contributed by atoms with van der Waals surface area (Å²) in [7, 11) is 0. The van der Waals surface area contributed by atoms with E-state index in [-0.39, 0.29) is 12.3 Å². The molecule has 70 valence electrons. The number of carbonyl (C=O) groups is 1. The highest BCUT2D eigenvalue weighted by Gasteiger charge is 2.20. The second kappa shape index (κ2) is 4.50. The van der Waals surface area contributed by atoms with E-state index in [1.54, 1.807) is 0 Å². The standard InChI is InChI=1S/C8H8Cl2N2O/c9-6-2-4-12(5-7(6)10)8(13)1-3-11/h1-2,4-5H2. The predicted octanol–water partition coefficient (Wildman–Crippen LogP) is 1.82. The SMILES string of the molecule is N#CCC(=O)N1CCC(Cl)=C(Cl)C1. The van der Waals surface area contributed by atoms with Gasteiger partial charge in [0.1, 0.15) is 6.42 Å². The van der Waals surface area contributed by atoms with Gasteiger partial charge < -0.3 is 4.90 Å². The Morgan fingerprint density at radius 3 is 2.77 bits per heavy atom. The van der Waals surface area contributed by atoms with Crippen LogP contribution in [0.3, 0.4) is 0 Å². The molecule has 1 rings (SSSR count). The lowest BCUT2D eigenvalue weighted by molar-refractivity contribution is -0.129. The number of halogens is 2. The maximum absolute atomic E-state index is 11.2. The predicted molar refractivity (Wildman–Crippen MR) is 50.2 cm³/mol. The summed E-state index contributed by atoms with van der Waals surface area (Å²) < 4.78 is 0. The molecule has 5 heteroatoms. The van der Waals surface area contributed by atoms with E-state index in [0.717, 1.165) is 0 Å². The maximum Gasteiger partial charge on any atom is 0.237 e. The van der Waals surface area contributed by atoms with Crippen molar-refractivity contribution in [3.8, 4) is 6.07 Å². The van der Waals surface area contributed by atoms with E-state index in [9.17, 15) is 4.79 Å². The highest BCUT2D eigenvalue weighted by atomic mass is 35.5. The number of carbonyl (C=O) groups excluding carboxylic acids is 1. The first kappa shape index (κ1) is 10.4. The number of amides is 1. The van der Waals surface area contributed by atoms with Gasteiger partial charge in [0, 0.05) is 18.0 Å². The minimum Gasteiger partial charge on any atom is -0.336 e. The molecule has 1 aliphatic heterocycles. The molecular weight excluding hydrogens is 211 g/mol. The first-order chi connectivity index (χ1) is 6.15. The van der Waals surface area contributed by atoms with Crippen LogP contribution in [0.5, 0.6) is 0 Å².